The number of hydrogen-bond acceptors (Lipinski definition) is 5. The SMILES string of the molecule is c1cnc2c(Oc3nc4ccccc4nc3N3CCCCC3)cccc2c1. The smallest absolute Gasteiger partial charge is 0.263 e. The summed E-state index contributed by atoms with van der Waals surface area (Å²) in [5.74, 6) is 2.08. The van der Waals surface area contributed by atoms with E-state index >= 15 is 0 Å². The lowest BCUT2D eigenvalue weighted by Gasteiger charge is -2.28. The molecule has 0 bridgehead atoms. The predicted octanol–water partition coefficient (Wildman–Crippen LogP) is 4.96. The van der Waals surface area contributed by atoms with Crippen molar-refractivity contribution in [3.05, 3.63) is 60.8 Å². The Morgan fingerprint density at radius 1 is 0.778 bits per heavy atom. The molecule has 2 aromatic carbocycles. The molecule has 2 aromatic heterocycles. The van der Waals surface area contributed by atoms with Gasteiger partial charge in [-0.05, 0) is 43.5 Å². The van der Waals surface area contributed by atoms with Crippen LogP contribution in [-0.2, 0) is 0 Å². The molecule has 0 saturated carbocycles. The zero-order valence-electron chi connectivity index (χ0n) is 15.0. The number of nitrogens with zero attached hydrogens (tertiary/aromatic N) is 4. The van der Waals surface area contributed by atoms with Crippen molar-refractivity contribution in [2.24, 2.45) is 0 Å². The Morgan fingerprint density at radius 3 is 2.41 bits per heavy atom. The summed E-state index contributed by atoms with van der Waals surface area (Å²) in [6.45, 7) is 1.97. The number of pyridine rings is 1. The molecule has 1 saturated heterocycles. The summed E-state index contributed by atoms with van der Waals surface area (Å²) in [6, 6.07) is 17.9. The van der Waals surface area contributed by atoms with Gasteiger partial charge in [-0.2, -0.15) is 0 Å². The number of aromatic nitrogens is 3. The molecule has 0 spiro atoms. The summed E-state index contributed by atoms with van der Waals surface area (Å²) in [5.41, 5.74) is 2.56. The molecule has 0 unspecified atom stereocenters. The summed E-state index contributed by atoms with van der Waals surface area (Å²) in [6.07, 6.45) is 5.39. The molecule has 0 radical (unpaired) electrons. The van der Waals surface area contributed by atoms with E-state index in [1.54, 1.807) is 6.20 Å². The highest BCUT2D eigenvalue weighted by molar-refractivity contribution is 5.85. The standard InChI is InChI=1S/C22H20N4O/c1-4-14-26(15-5-1)21-22(25-18-11-3-2-10-17(18)24-21)27-19-12-6-8-16-9-7-13-23-20(16)19/h2-3,6-13H,1,4-5,14-15H2. The summed E-state index contributed by atoms with van der Waals surface area (Å²) in [5, 5.41) is 1.04. The Labute approximate surface area is 157 Å². The maximum absolute atomic E-state index is 6.31. The van der Waals surface area contributed by atoms with E-state index < -0.39 is 0 Å². The maximum atomic E-state index is 6.31. The van der Waals surface area contributed by atoms with Crippen LogP contribution < -0.4 is 9.64 Å². The normalized spacial score (nSPS) is 14.6. The van der Waals surface area contributed by atoms with Crippen molar-refractivity contribution in [2.45, 2.75) is 19.3 Å². The Bertz CT molecular complexity index is 1100. The number of ether oxygens (including phenoxy) is 1. The van der Waals surface area contributed by atoms with Gasteiger partial charge < -0.3 is 9.64 Å². The van der Waals surface area contributed by atoms with Crippen LogP contribution in [0.15, 0.2) is 60.8 Å². The summed E-state index contributed by atoms with van der Waals surface area (Å²) in [7, 11) is 0. The molecule has 134 valence electrons. The van der Waals surface area contributed by atoms with E-state index in [0.29, 0.717) is 11.6 Å². The Balaban J connectivity index is 1.64. The minimum atomic E-state index is 0.550. The molecule has 1 fully saturated rings. The number of piperidine rings is 1. The third-order valence-corrected chi connectivity index (χ3v) is 4.98. The van der Waals surface area contributed by atoms with Gasteiger partial charge in [0.05, 0.1) is 11.0 Å². The number of rotatable bonds is 3. The monoisotopic (exact) mass is 356 g/mol. The Kier molecular flexibility index (Phi) is 4.05. The molecular weight excluding hydrogens is 336 g/mol. The molecular formula is C22H20N4O. The number of anilines is 1. The molecule has 5 heteroatoms. The topological polar surface area (TPSA) is 51.1 Å². The van der Waals surface area contributed by atoms with Crippen LogP contribution in [0.5, 0.6) is 11.6 Å². The first-order valence-corrected chi connectivity index (χ1v) is 9.42. The average molecular weight is 356 g/mol. The second kappa shape index (κ2) is 6.83. The van der Waals surface area contributed by atoms with Gasteiger partial charge in [0, 0.05) is 24.7 Å². The number of para-hydroxylation sites is 3. The van der Waals surface area contributed by atoms with Crippen molar-refractivity contribution in [1.29, 1.82) is 0 Å². The Morgan fingerprint density at radius 2 is 1.56 bits per heavy atom. The third kappa shape index (κ3) is 3.05. The minimum absolute atomic E-state index is 0.550. The average Bonchev–Trinajstić information content (AvgIpc) is 2.74. The Hall–Kier alpha value is -3.21. The fourth-order valence-corrected chi connectivity index (χ4v) is 3.62. The van der Waals surface area contributed by atoms with Crippen molar-refractivity contribution >= 4 is 27.8 Å². The predicted molar refractivity (Wildman–Crippen MR) is 107 cm³/mol. The first kappa shape index (κ1) is 16.0. The second-order valence-corrected chi connectivity index (χ2v) is 6.82. The van der Waals surface area contributed by atoms with Crippen molar-refractivity contribution in [3.8, 4) is 11.6 Å². The molecule has 0 N–H and O–H groups in total. The fraction of sp³-hybridized carbons (Fsp3) is 0.227. The lowest BCUT2D eigenvalue weighted by atomic mass is 10.1. The third-order valence-electron chi connectivity index (χ3n) is 4.98. The number of fused-ring (bicyclic) bond motifs is 2. The van der Waals surface area contributed by atoms with Crippen LogP contribution in [0.4, 0.5) is 5.82 Å². The van der Waals surface area contributed by atoms with Gasteiger partial charge in [0.2, 0.25) is 0 Å². The molecule has 27 heavy (non-hydrogen) atoms. The van der Waals surface area contributed by atoms with Crippen LogP contribution in [0.1, 0.15) is 19.3 Å². The molecule has 0 amide bonds. The summed E-state index contributed by atoms with van der Waals surface area (Å²) in [4.78, 5) is 16.5. The van der Waals surface area contributed by atoms with E-state index in [1.807, 2.05) is 54.6 Å². The van der Waals surface area contributed by atoms with Gasteiger partial charge in [-0.3, -0.25) is 4.98 Å². The van der Waals surface area contributed by atoms with Crippen LogP contribution >= 0.6 is 0 Å². The van der Waals surface area contributed by atoms with E-state index in [4.69, 9.17) is 14.7 Å². The summed E-state index contributed by atoms with van der Waals surface area (Å²) >= 11 is 0. The largest absolute Gasteiger partial charge is 0.434 e. The molecule has 0 aliphatic carbocycles. The van der Waals surface area contributed by atoms with Gasteiger partial charge in [0.15, 0.2) is 11.6 Å². The lowest BCUT2D eigenvalue weighted by molar-refractivity contribution is 0.461. The first-order valence-electron chi connectivity index (χ1n) is 9.42. The number of benzene rings is 2. The highest BCUT2D eigenvalue weighted by Gasteiger charge is 2.20. The van der Waals surface area contributed by atoms with Crippen molar-refractivity contribution < 1.29 is 4.74 Å². The van der Waals surface area contributed by atoms with E-state index in [9.17, 15) is 0 Å². The van der Waals surface area contributed by atoms with E-state index in [0.717, 1.165) is 40.8 Å². The summed E-state index contributed by atoms with van der Waals surface area (Å²) < 4.78 is 6.31. The molecule has 5 rings (SSSR count). The van der Waals surface area contributed by atoms with Gasteiger partial charge >= 0.3 is 0 Å². The zero-order valence-corrected chi connectivity index (χ0v) is 15.0. The van der Waals surface area contributed by atoms with Gasteiger partial charge in [-0.15, -0.1) is 0 Å². The van der Waals surface area contributed by atoms with Crippen molar-refractivity contribution in [3.63, 3.8) is 0 Å². The molecule has 1 aliphatic heterocycles. The zero-order chi connectivity index (χ0) is 18.1. The second-order valence-electron chi connectivity index (χ2n) is 6.82. The van der Waals surface area contributed by atoms with Gasteiger partial charge in [-0.25, -0.2) is 9.97 Å². The molecule has 3 heterocycles. The molecule has 4 aromatic rings. The van der Waals surface area contributed by atoms with Crippen molar-refractivity contribution in [1.82, 2.24) is 15.0 Å². The minimum Gasteiger partial charge on any atom is -0.434 e. The highest BCUT2D eigenvalue weighted by Crippen LogP contribution is 2.34. The van der Waals surface area contributed by atoms with Crippen LogP contribution in [-0.4, -0.2) is 28.0 Å². The lowest BCUT2D eigenvalue weighted by Crippen LogP contribution is -2.30. The molecule has 5 nitrogen and oxygen atoms in total. The highest BCUT2D eigenvalue weighted by atomic mass is 16.5. The number of hydrogen-bond donors (Lipinski definition) is 0. The van der Waals surface area contributed by atoms with Crippen molar-refractivity contribution in [2.75, 3.05) is 18.0 Å². The van der Waals surface area contributed by atoms with Crippen LogP contribution in [0.25, 0.3) is 21.9 Å². The van der Waals surface area contributed by atoms with E-state index in [-0.39, 0.29) is 0 Å². The van der Waals surface area contributed by atoms with E-state index in [2.05, 4.69) is 9.88 Å². The maximum Gasteiger partial charge on any atom is 0.263 e. The quantitative estimate of drug-likeness (QED) is 0.519. The van der Waals surface area contributed by atoms with Gasteiger partial charge in [0.25, 0.3) is 5.88 Å². The molecule has 0 atom stereocenters. The van der Waals surface area contributed by atoms with Crippen LogP contribution in [0.3, 0.4) is 0 Å². The van der Waals surface area contributed by atoms with E-state index in [1.165, 1.54) is 19.3 Å². The van der Waals surface area contributed by atoms with Crippen LogP contribution in [0, 0.1) is 0 Å². The first-order chi connectivity index (χ1) is 13.4. The van der Waals surface area contributed by atoms with Crippen LogP contribution in [0.2, 0.25) is 0 Å². The van der Waals surface area contributed by atoms with Gasteiger partial charge in [0.1, 0.15) is 5.52 Å². The molecule has 1 aliphatic rings. The fourth-order valence-electron chi connectivity index (χ4n) is 3.62. The van der Waals surface area contributed by atoms with Gasteiger partial charge in [-0.1, -0.05) is 30.3 Å².